The summed E-state index contributed by atoms with van der Waals surface area (Å²) in [6.45, 7) is 5.21. The Kier molecular flexibility index (Phi) is 3.62. The number of rotatable bonds is 2. The number of alkyl halides is 2. The average Bonchev–Trinajstić information content (AvgIpc) is 2.46. The lowest BCUT2D eigenvalue weighted by Crippen LogP contribution is -2.35. The minimum absolute atomic E-state index is 0.248. The number of nitrogens with zero attached hydrogens (tertiary/aromatic N) is 2. The molecule has 0 fully saturated rings. The molecule has 0 amide bonds. The van der Waals surface area contributed by atoms with E-state index < -0.39 is 12.1 Å². The number of halogens is 3. The number of pyridine rings is 1. The Morgan fingerprint density at radius 1 is 1.22 bits per heavy atom. The van der Waals surface area contributed by atoms with Gasteiger partial charge in [0.05, 0.1) is 11.4 Å². The molecule has 3 nitrogen and oxygen atoms in total. The van der Waals surface area contributed by atoms with Crippen molar-refractivity contribution in [2.45, 2.75) is 32.9 Å². The van der Waals surface area contributed by atoms with Gasteiger partial charge >= 0.3 is 0 Å². The lowest BCUT2D eigenvalue weighted by molar-refractivity contribution is 0.145. The quantitative estimate of drug-likeness (QED) is 0.887. The molecule has 0 atom stereocenters. The van der Waals surface area contributed by atoms with E-state index in [2.05, 4.69) is 15.3 Å². The summed E-state index contributed by atoms with van der Waals surface area (Å²) in [4.78, 5) is 8.44. The molecule has 3 rings (SSSR count). The van der Waals surface area contributed by atoms with Crippen LogP contribution in [0.25, 0.3) is 0 Å². The highest BCUT2D eigenvalue weighted by molar-refractivity contribution is 6.17. The molecule has 0 aliphatic carbocycles. The number of hydrogen-bond donors (Lipinski definition) is 1. The van der Waals surface area contributed by atoms with Crippen LogP contribution in [0.3, 0.4) is 0 Å². The van der Waals surface area contributed by atoms with Crippen LogP contribution in [0.15, 0.2) is 35.5 Å². The van der Waals surface area contributed by atoms with Crippen LogP contribution in [0.2, 0.25) is 0 Å². The largest absolute Gasteiger partial charge is 0.359 e. The van der Waals surface area contributed by atoms with Gasteiger partial charge in [-0.15, -0.1) is 0 Å². The van der Waals surface area contributed by atoms with Crippen LogP contribution in [0.5, 0.6) is 0 Å². The Balaban J connectivity index is 2.17. The van der Waals surface area contributed by atoms with E-state index in [-0.39, 0.29) is 11.5 Å². The Hall–Kier alpha value is -2.37. The van der Waals surface area contributed by atoms with Crippen molar-refractivity contribution in [1.82, 2.24) is 4.98 Å². The molecular formula is C17H16F3N3. The van der Waals surface area contributed by atoms with Crippen LogP contribution in [0.1, 0.15) is 42.7 Å². The molecule has 2 aromatic rings. The molecule has 1 aliphatic rings. The van der Waals surface area contributed by atoms with Gasteiger partial charge in [-0.1, -0.05) is 12.1 Å². The van der Waals surface area contributed by atoms with Gasteiger partial charge < -0.3 is 5.32 Å². The monoisotopic (exact) mass is 319 g/mol. The van der Waals surface area contributed by atoms with E-state index in [1.165, 1.54) is 12.3 Å². The zero-order valence-corrected chi connectivity index (χ0v) is 13.0. The zero-order valence-electron chi connectivity index (χ0n) is 13.0. The SMILES string of the molecule is Cc1cc(C2=NC(C)(C)Nc3c(F)cccc32)cnc1C(F)F. The molecule has 1 aromatic carbocycles. The summed E-state index contributed by atoms with van der Waals surface area (Å²) in [6.07, 6.45) is -1.26. The number of para-hydroxylation sites is 1. The highest BCUT2D eigenvalue weighted by Crippen LogP contribution is 2.32. The molecule has 0 saturated heterocycles. The number of aliphatic imine (C=N–C) groups is 1. The molecule has 120 valence electrons. The van der Waals surface area contributed by atoms with Crippen molar-refractivity contribution in [3.8, 4) is 0 Å². The number of aryl methyl sites for hydroxylation is 1. The van der Waals surface area contributed by atoms with Crippen molar-refractivity contribution in [1.29, 1.82) is 0 Å². The smallest absolute Gasteiger partial charge is 0.280 e. The molecule has 0 saturated carbocycles. The summed E-state index contributed by atoms with van der Waals surface area (Å²) in [6, 6.07) is 6.32. The standard InChI is InChI=1S/C17H16F3N3/c1-9-7-10(8-21-13(9)16(19)20)14-11-5-4-6-12(18)15(11)23-17(2,3)22-14/h4-8,16,23H,1-3H3. The van der Waals surface area contributed by atoms with Crippen molar-refractivity contribution in [2.75, 3.05) is 5.32 Å². The lowest BCUT2D eigenvalue weighted by Gasteiger charge is -2.31. The van der Waals surface area contributed by atoms with Gasteiger partial charge in [0, 0.05) is 17.3 Å². The highest BCUT2D eigenvalue weighted by atomic mass is 19.3. The molecular weight excluding hydrogens is 303 g/mol. The lowest BCUT2D eigenvalue weighted by atomic mass is 9.96. The predicted molar refractivity (Wildman–Crippen MR) is 83.7 cm³/mol. The second-order valence-corrected chi connectivity index (χ2v) is 6.03. The van der Waals surface area contributed by atoms with Crippen LogP contribution in [0, 0.1) is 12.7 Å². The number of nitrogens with one attached hydrogen (secondary N) is 1. The van der Waals surface area contributed by atoms with E-state index in [4.69, 9.17) is 0 Å². The maximum Gasteiger partial charge on any atom is 0.280 e. The van der Waals surface area contributed by atoms with Crippen LogP contribution in [-0.2, 0) is 0 Å². The average molecular weight is 319 g/mol. The van der Waals surface area contributed by atoms with Crippen LogP contribution in [-0.4, -0.2) is 16.4 Å². The van der Waals surface area contributed by atoms with Gasteiger partial charge in [-0.2, -0.15) is 0 Å². The van der Waals surface area contributed by atoms with Gasteiger partial charge in [-0.25, -0.2) is 13.2 Å². The van der Waals surface area contributed by atoms with E-state index in [1.807, 2.05) is 13.8 Å². The predicted octanol–water partition coefficient (Wildman–Crippen LogP) is 4.47. The van der Waals surface area contributed by atoms with Crippen molar-refractivity contribution in [2.24, 2.45) is 4.99 Å². The first kappa shape index (κ1) is 15.5. The number of hydrogen-bond acceptors (Lipinski definition) is 3. The zero-order chi connectivity index (χ0) is 16.8. The third-order valence-electron chi connectivity index (χ3n) is 3.69. The summed E-state index contributed by atoms with van der Waals surface area (Å²) in [7, 11) is 0. The molecule has 23 heavy (non-hydrogen) atoms. The fourth-order valence-electron chi connectivity index (χ4n) is 2.69. The van der Waals surface area contributed by atoms with E-state index >= 15 is 0 Å². The number of fused-ring (bicyclic) bond motifs is 1. The molecule has 0 radical (unpaired) electrons. The van der Waals surface area contributed by atoms with E-state index in [9.17, 15) is 13.2 Å². The topological polar surface area (TPSA) is 37.3 Å². The van der Waals surface area contributed by atoms with Gasteiger partial charge in [-0.3, -0.25) is 9.98 Å². The fraction of sp³-hybridized carbons (Fsp3) is 0.294. The second-order valence-electron chi connectivity index (χ2n) is 6.03. The third kappa shape index (κ3) is 2.81. The first-order valence-electron chi connectivity index (χ1n) is 7.20. The molecule has 2 heterocycles. The van der Waals surface area contributed by atoms with Gasteiger partial charge in [0.25, 0.3) is 6.43 Å². The van der Waals surface area contributed by atoms with E-state index in [1.54, 1.807) is 25.1 Å². The Morgan fingerprint density at radius 3 is 2.61 bits per heavy atom. The molecule has 0 bridgehead atoms. The maximum absolute atomic E-state index is 14.1. The number of aromatic nitrogens is 1. The second kappa shape index (κ2) is 5.37. The molecule has 1 N–H and O–H groups in total. The molecule has 0 unspecified atom stereocenters. The normalized spacial score (nSPS) is 15.9. The minimum atomic E-state index is -2.62. The fourth-order valence-corrected chi connectivity index (χ4v) is 2.69. The van der Waals surface area contributed by atoms with Gasteiger partial charge in [0.15, 0.2) is 0 Å². The minimum Gasteiger partial charge on any atom is -0.359 e. The molecule has 6 heteroatoms. The van der Waals surface area contributed by atoms with Crippen LogP contribution < -0.4 is 5.32 Å². The molecule has 1 aliphatic heterocycles. The van der Waals surface area contributed by atoms with Crippen molar-refractivity contribution >= 4 is 11.4 Å². The van der Waals surface area contributed by atoms with Crippen LogP contribution in [0.4, 0.5) is 18.9 Å². The Bertz CT molecular complexity index is 798. The molecule has 0 spiro atoms. The maximum atomic E-state index is 14.1. The first-order chi connectivity index (χ1) is 10.8. The summed E-state index contributed by atoms with van der Waals surface area (Å²) in [5, 5.41) is 3.05. The number of benzene rings is 1. The first-order valence-corrected chi connectivity index (χ1v) is 7.20. The number of anilines is 1. The summed E-state index contributed by atoms with van der Waals surface area (Å²) in [5.41, 5.74) is 1.51. The van der Waals surface area contributed by atoms with Crippen molar-refractivity contribution in [3.05, 3.63) is 58.7 Å². The van der Waals surface area contributed by atoms with Crippen molar-refractivity contribution < 1.29 is 13.2 Å². The van der Waals surface area contributed by atoms with E-state index in [0.29, 0.717) is 28.1 Å². The van der Waals surface area contributed by atoms with Gasteiger partial charge in [-0.05, 0) is 38.5 Å². The summed E-state index contributed by atoms with van der Waals surface area (Å²) in [5.74, 6) is -0.378. The molecule has 1 aromatic heterocycles. The highest BCUT2D eigenvalue weighted by Gasteiger charge is 2.29. The van der Waals surface area contributed by atoms with Crippen molar-refractivity contribution in [3.63, 3.8) is 0 Å². The summed E-state index contributed by atoms with van der Waals surface area (Å²) < 4.78 is 39.8. The Morgan fingerprint density at radius 2 is 1.96 bits per heavy atom. The summed E-state index contributed by atoms with van der Waals surface area (Å²) >= 11 is 0. The van der Waals surface area contributed by atoms with E-state index in [0.717, 1.165) is 0 Å². The van der Waals surface area contributed by atoms with Gasteiger partial charge in [0.2, 0.25) is 0 Å². The third-order valence-corrected chi connectivity index (χ3v) is 3.69. The Labute approximate surface area is 132 Å². The van der Waals surface area contributed by atoms with Crippen LogP contribution >= 0.6 is 0 Å². The van der Waals surface area contributed by atoms with Gasteiger partial charge in [0.1, 0.15) is 17.2 Å².